The summed E-state index contributed by atoms with van der Waals surface area (Å²) in [5.74, 6) is 1.14. The van der Waals surface area contributed by atoms with Crippen LogP contribution in [0.4, 0.5) is 20.7 Å². The fraction of sp³-hybridized carbons (Fsp3) is 0.333. The number of ether oxygens (including phenoxy) is 1. The number of carbonyl (C=O) groups is 1. The molecule has 2 fully saturated rings. The van der Waals surface area contributed by atoms with Crippen molar-refractivity contribution < 1.29 is 22.3 Å². The van der Waals surface area contributed by atoms with E-state index in [0.29, 0.717) is 67.0 Å². The Morgan fingerprint density at radius 1 is 1.14 bits per heavy atom. The summed E-state index contributed by atoms with van der Waals surface area (Å²) in [4.78, 5) is 31.2. The van der Waals surface area contributed by atoms with Crippen LogP contribution in [0.1, 0.15) is 37.7 Å². The Hall–Kier alpha value is -4.36. The predicted molar refractivity (Wildman–Crippen MR) is 159 cm³/mol. The first kappa shape index (κ1) is 28.7. The molecule has 224 valence electrons. The highest BCUT2D eigenvalue weighted by molar-refractivity contribution is 7.92. The number of carbonyl (C=O) groups excluding carboxylic acids is 1. The van der Waals surface area contributed by atoms with Gasteiger partial charge in [0.2, 0.25) is 0 Å². The number of hydrogen-bond acceptors (Lipinski definition) is 8. The number of rotatable bonds is 8. The molecular weight excluding hydrogens is 573 g/mol. The Labute approximate surface area is 248 Å². The highest BCUT2D eigenvalue weighted by Crippen LogP contribution is 2.51. The van der Waals surface area contributed by atoms with Crippen molar-refractivity contribution in [1.82, 2.24) is 25.3 Å². The predicted octanol–water partition coefficient (Wildman–Crippen LogP) is 4.41. The van der Waals surface area contributed by atoms with E-state index >= 15 is 0 Å². The lowest BCUT2D eigenvalue weighted by Gasteiger charge is -2.41. The van der Waals surface area contributed by atoms with E-state index in [9.17, 15) is 17.6 Å². The zero-order valence-corrected chi connectivity index (χ0v) is 24.4. The molecule has 1 saturated carbocycles. The van der Waals surface area contributed by atoms with Gasteiger partial charge < -0.3 is 25.3 Å². The second-order valence-corrected chi connectivity index (χ2v) is 13.0. The molecule has 13 heteroatoms. The van der Waals surface area contributed by atoms with Crippen LogP contribution >= 0.6 is 0 Å². The first-order chi connectivity index (χ1) is 20.7. The second kappa shape index (κ2) is 11.7. The molecule has 0 bridgehead atoms. The molecule has 6 rings (SSSR count). The Morgan fingerprint density at radius 3 is 2.56 bits per heavy atom. The summed E-state index contributed by atoms with van der Waals surface area (Å²) in [7, 11) is -3.90. The molecule has 1 atom stereocenters. The summed E-state index contributed by atoms with van der Waals surface area (Å²) in [5.41, 5.74) is 1.65. The second-order valence-electron chi connectivity index (χ2n) is 10.8. The fourth-order valence-corrected chi connectivity index (χ4v) is 7.60. The first-order valence-corrected chi connectivity index (χ1v) is 15.6. The van der Waals surface area contributed by atoms with E-state index in [1.54, 1.807) is 42.7 Å². The number of halogens is 1. The number of urea groups is 1. The number of anilines is 2. The molecule has 0 unspecified atom stereocenters. The Kier molecular flexibility index (Phi) is 7.84. The van der Waals surface area contributed by atoms with E-state index in [4.69, 9.17) is 14.7 Å². The minimum atomic E-state index is -3.90. The third kappa shape index (κ3) is 5.69. The largest absolute Gasteiger partial charge is 0.377 e. The van der Waals surface area contributed by atoms with Crippen LogP contribution in [0.15, 0.2) is 71.9 Å². The standard InChI is InChI=1S/C30H32FN7O4S/c1-20-19-42-16-15-38(20)27-17-25(30(11-2-12-30)43(40,41)24-9-5-22(31)6-10-24)36-28(37-27)21-3-7-23(8-4-21)35-29(39)34-18-26-32-13-14-33-26/h3-10,13-14,17,20H,2,11-12,15-16,18-19H2,1H3,(H,32,33)(H2,34,35,39)/t20-/m0/s1. The minimum Gasteiger partial charge on any atom is -0.377 e. The van der Waals surface area contributed by atoms with Gasteiger partial charge in [-0.05, 0) is 74.7 Å². The minimum absolute atomic E-state index is 0.0293. The van der Waals surface area contributed by atoms with Crippen LogP contribution in [0.2, 0.25) is 0 Å². The van der Waals surface area contributed by atoms with E-state index in [2.05, 4.69) is 25.5 Å². The maximum atomic E-state index is 14.1. The Bertz CT molecular complexity index is 1690. The number of H-pyrrole nitrogens is 1. The van der Waals surface area contributed by atoms with Gasteiger partial charge in [-0.2, -0.15) is 0 Å². The molecule has 1 saturated heterocycles. The van der Waals surface area contributed by atoms with Crippen molar-refractivity contribution in [2.24, 2.45) is 0 Å². The number of amides is 2. The van der Waals surface area contributed by atoms with Crippen LogP contribution in [0, 0.1) is 5.82 Å². The molecule has 2 aliphatic rings. The molecule has 43 heavy (non-hydrogen) atoms. The van der Waals surface area contributed by atoms with E-state index in [-0.39, 0.29) is 23.5 Å². The topological polar surface area (TPSA) is 142 Å². The normalized spacial score (nSPS) is 18.1. The van der Waals surface area contributed by atoms with Crippen LogP contribution in [-0.4, -0.2) is 60.2 Å². The molecular formula is C30H32FN7O4S. The number of imidazole rings is 1. The number of morpholine rings is 1. The molecule has 1 aliphatic heterocycles. The highest BCUT2D eigenvalue weighted by Gasteiger charge is 2.52. The molecule has 11 nitrogen and oxygen atoms in total. The average Bonchev–Trinajstić information content (AvgIpc) is 3.50. The van der Waals surface area contributed by atoms with Gasteiger partial charge in [-0.25, -0.2) is 32.6 Å². The number of benzene rings is 2. The van der Waals surface area contributed by atoms with Crippen LogP contribution < -0.4 is 15.5 Å². The lowest BCUT2D eigenvalue weighted by Crippen LogP contribution is -2.46. The molecule has 1 aliphatic carbocycles. The maximum Gasteiger partial charge on any atom is 0.319 e. The molecule has 3 N–H and O–H groups in total. The zero-order valence-electron chi connectivity index (χ0n) is 23.6. The van der Waals surface area contributed by atoms with Crippen molar-refractivity contribution in [2.45, 2.75) is 48.4 Å². The number of sulfone groups is 1. The van der Waals surface area contributed by atoms with Gasteiger partial charge in [-0.15, -0.1) is 0 Å². The third-order valence-electron chi connectivity index (χ3n) is 8.01. The fourth-order valence-electron chi connectivity index (χ4n) is 5.45. The summed E-state index contributed by atoms with van der Waals surface area (Å²) in [6.07, 6.45) is 4.82. The van der Waals surface area contributed by atoms with E-state index in [1.165, 1.54) is 24.3 Å². The molecule has 0 radical (unpaired) electrons. The lowest BCUT2D eigenvalue weighted by molar-refractivity contribution is 0.0985. The van der Waals surface area contributed by atoms with Crippen molar-refractivity contribution >= 4 is 27.4 Å². The monoisotopic (exact) mass is 605 g/mol. The number of aromatic nitrogens is 4. The molecule has 3 heterocycles. The van der Waals surface area contributed by atoms with E-state index < -0.39 is 20.4 Å². The summed E-state index contributed by atoms with van der Waals surface area (Å²) in [6.45, 7) is 3.94. The molecule has 2 aromatic heterocycles. The SMILES string of the molecule is C[C@H]1COCCN1c1cc(C2(S(=O)(=O)c3ccc(F)cc3)CCC2)nc(-c2ccc(NC(=O)NCc3ncc[nH]3)cc2)n1. The van der Waals surface area contributed by atoms with Gasteiger partial charge in [-0.3, -0.25) is 0 Å². The highest BCUT2D eigenvalue weighted by atomic mass is 32.2. The first-order valence-electron chi connectivity index (χ1n) is 14.1. The maximum absolute atomic E-state index is 14.1. The van der Waals surface area contributed by atoms with E-state index in [0.717, 1.165) is 6.42 Å². The van der Waals surface area contributed by atoms with Crippen LogP contribution in [0.5, 0.6) is 0 Å². The number of nitrogens with one attached hydrogen (secondary N) is 3. The quantitative estimate of drug-likeness (QED) is 0.251. The molecule has 0 spiro atoms. The van der Waals surface area contributed by atoms with Crippen LogP contribution in [0.25, 0.3) is 11.4 Å². The smallest absolute Gasteiger partial charge is 0.319 e. The Morgan fingerprint density at radius 2 is 1.91 bits per heavy atom. The van der Waals surface area contributed by atoms with Gasteiger partial charge in [0.15, 0.2) is 15.7 Å². The summed E-state index contributed by atoms with van der Waals surface area (Å²) >= 11 is 0. The number of nitrogens with zero attached hydrogens (tertiary/aromatic N) is 4. The Balaban J connectivity index is 1.33. The van der Waals surface area contributed by atoms with Gasteiger partial charge >= 0.3 is 6.03 Å². The summed E-state index contributed by atoms with van der Waals surface area (Å²) in [6, 6.07) is 13.4. The van der Waals surface area contributed by atoms with Crippen LogP contribution in [-0.2, 0) is 25.9 Å². The number of hydrogen-bond donors (Lipinski definition) is 3. The van der Waals surface area contributed by atoms with Gasteiger partial charge in [0.1, 0.15) is 22.2 Å². The van der Waals surface area contributed by atoms with Crippen molar-refractivity contribution in [3.63, 3.8) is 0 Å². The van der Waals surface area contributed by atoms with Gasteiger partial charge in [0, 0.05) is 36.3 Å². The lowest BCUT2D eigenvalue weighted by atomic mass is 9.81. The van der Waals surface area contributed by atoms with Crippen LogP contribution in [0.3, 0.4) is 0 Å². The third-order valence-corrected chi connectivity index (χ3v) is 10.6. The molecule has 2 aromatic carbocycles. The van der Waals surface area contributed by atoms with Crippen molar-refractivity contribution in [2.75, 3.05) is 30.0 Å². The van der Waals surface area contributed by atoms with Gasteiger partial charge in [0.05, 0.1) is 36.4 Å². The summed E-state index contributed by atoms with van der Waals surface area (Å²) < 4.78 is 46.1. The summed E-state index contributed by atoms with van der Waals surface area (Å²) in [5, 5.41) is 5.52. The van der Waals surface area contributed by atoms with Crippen molar-refractivity contribution in [3.8, 4) is 11.4 Å². The zero-order chi connectivity index (χ0) is 30.0. The average molecular weight is 606 g/mol. The van der Waals surface area contributed by atoms with Crippen molar-refractivity contribution in [1.29, 1.82) is 0 Å². The molecule has 4 aromatic rings. The van der Waals surface area contributed by atoms with Gasteiger partial charge in [-0.1, -0.05) is 0 Å². The number of aromatic amines is 1. The van der Waals surface area contributed by atoms with Gasteiger partial charge in [0.25, 0.3) is 0 Å². The van der Waals surface area contributed by atoms with Crippen molar-refractivity contribution in [3.05, 3.63) is 84.3 Å². The molecule has 2 amide bonds. The van der Waals surface area contributed by atoms with E-state index in [1.807, 2.05) is 6.92 Å².